The van der Waals surface area contributed by atoms with Crippen LogP contribution < -0.4 is 0 Å². The monoisotopic (exact) mass is 350 g/mol. The van der Waals surface area contributed by atoms with Crippen molar-refractivity contribution in [1.82, 2.24) is 0 Å². The summed E-state index contributed by atoms with van der Waals surface area (Å²) in [6.07, 6.45) is 0. The number of halogens is 3. The molecule has 0 saturated heterocycles. The molecule has 1 N–H and O–H groups in total. The zero-order valence-electron chi connectivity index (χ0n) is 8.67. The van der Waals surface area contributed by atoms with Crippen LogP contribution in [-0.4, -0.2) is 58.5 Å². The fraction of sp³-hybridized carbons (Fsp3) is 0. The van der Waals surface area contributed by atoms with Crippen LogP contribution in [0.5, 0.6) is 0 Å². The number of benzene rings is 1. The van der Waals surface area contributed by atoms with Crippen LogP contribution in [0.15, 0.2) is 17.0 Å². The average molecular weight is 351 g/mol. The Kier molecular flexibility index (Phi) is 6.31. The van der Waals surface area contributed by atoms with E-state index in [4.69, 9.17) is 39.4 Å². The quantitative estimate of drug-likeness (QED) is 0.481. The summed E-state index contributed by atoms with van der Waals surface area (Å²) in [6, 6.07) is 2.14. The first-order valence-electron chi connectivity index (χ1n) is 2.94. The zero-order chi connectivity index (χ0) is 10.2. The largest absolute Gasteiger partial charge is 2.00 e. The van der Waals surface area contributed by atoms with Gasteiger partial charge < -0.3 is 2.85 Å². The van der Waals surface area contributed by atoms with Gasteiger partial charge in [-0.2, -0.15) is 8.42 Å². The maximum absolute atomic E-state index is 10.7. The predicted octanol–water partition coefficient (Wildman–Crippen LogP) is 2.74. The van der Waals surface area contributed by atoms with Crippen LogP contribution >= 0.6 is 34.8 Å². The van der Waals surface area contributed by atoms with Gasteiger partial charge in [-0.05, 0) is 12.1 Å². The summed E-state index contributed by atoms with van der Waals surface area (Å²) in [5.74, 6) is 0. The van der Waals surface area contributed by atoms with Crippen LogP contribution in [0.4, 0.5) is 0 Å². The smallest absolute Gasteiger partial charge is 1.00 e. The molecule has 8 heteroatoms. The molecule has 0 saturated carbocycles. The number of hydrogen-bond acceptors (Lipinski definition) is 2. The minimum atomic E-state index is -4.35. The van der Waals surface area contributed by atoms with E-state index in [0.717, 1.165) is 12.1 Å². The van der Waals surface area contributed by atoms with Gasteiger partial charge in [0.2, 0.25) is 0 Å². The van der Waals surface area contributed by atoms with Crippen molar-refractivity contribution >= 4 is 90.4 Å². The van der Waals surface area contributed by atoms with Crippen LogP contribution in [0.25, 0.3) is 0 Å². The molecule has 0 aliphatic heterocycles. The van der Waals surface area contributed by atoms with Gasteiger partial charge in [-0.15, -0.1) is 0 Å². The Morgan fingerprint density at radius 3 is 1.93 bits per heavy atom. The van der Waals surface area contributed by atoms with Gasteiger partial charge >= 0.3 is 45.5 Å². The van der Waals surface area contributed by atoms with Crippen molar-refractivity contribution in [3.63, 3.8) is 0 Å². The van der Waals surface area contributed by atoms with Crippen LogP contribution in [0.2, 0.25) is 15.1 Å². The molecule has 3 nitrogen and oxygen atoms in total. The van der Waals surface area contributed by atoms with E-state index in [0.29, 0.717) is 0 Å². The molecular weight excluding hydrogens is 346 g/mol. The molecule has 0 aliphatic carbocycles. The molecule has 0 radical (unpaired) electrons. The van der Waals surface area contributed by atoms with Gasteiger partial charge in [-0.3, -0.25) is 4.55 Å². The van der Waals surface area contributed by atoms with Crippen molar-refractivity contribution in [3.05, 3.63) is 27.2 Å². The molecule has 0 spiro atoms. The Morgan fingerprint density at radius 1 is 1.07 bits per heavy atom. The molecule has 0 fully saturated rings. The second kappa shape index (κ2) is 5.70. The maximum Gasteiger partial charge on any atom is 2.00 e. The van der Waals surface area contributed by atoms with E-state index in [2.05, 4.69) is 0 Å². The summed E-state index contributed by atoms with van der Waals surface area (Å²) in [4.78, 5) is -0.455. The third-order valence-electron chi connectivity index (χ3n) is 1.25. The van der Waals surface area contributed by atoms with E-state index in [9.17, 15) is 8.42 Å². The summed E-state index contributed by atoms with van der Waals surface area (Å²) < 4.78 is 30.0. The predicted molar refractivity (Wildman–Crippen MR) is 59.3 cm³/mol. The van der Waals surface area contributed by atoms with Gasteiger partial charge in [-0.1, -0.05) is 34.8 Å². The SMILES string of the molecule is O=S(=O)(O)c1cc(Cl)c(Cl)cc1Cl.[H-].[H-].[Sr+2]. The molecule has 1 rings (SSSR count). The van der Waals surface area contributed by atoms with Crippen LogP contribution in [0, 0.1) is 0 Å². The summed E-state index contributed by atoms with van der Waals surface area (Å²) >= 11 is 16.6. The van der Waals surface area contributed by atoms with Crippen molar-refractivity contribution in [2.45, 2.75) is 4.90 Å². The molecule has 0 aliphatic rings. The Morgan fingerprint density at radius 2 is 1.50 bits per heavy atom. The van der Waals surface area contributed by atoms with E-state index in [-0.39, 0.29) is 63.4 Å². The van der Waals surface area contributed by atoms with Crippen molar-refractivity contribution in [2.75, 3.05) is 0 Å². The number of hydrogen-bond donors (Lipinski definition) is 1. The Bertz CT molecular complexity index is 455. The van der Waals surface area contributed by atoms with Gasteiger partial charge in [0.25, 0.3) is 10.1 Å². The summed E-state index contributed by atoms with van der Waals surface area (Å²) in [6.45, 7) is 0. The average Bonchev–Trinajstić information content (AvgIpc) is 1.94. The second-order valence-electron chi connectivity index (χ2n) is 2.17. The van der Waals surface area contributed by atoms with Crippen molar-refractivity contribution in [2.24, 2.45) is 0 Å². The molecule has 1 aromatic rings. The van der Waals surface area contributed by atoms with Crippen LogP contribution in [-0.2, 0) is 10.1 Å². The molecular formula is C6H5Cl3O3SSr. The second-order valence-corrected chi connectivity index (χ2v) is 4.78. The fourth-order valence-corrected chi connectivity index (χ4v) is 2.18. The van der Waals surface area contributed by atoms with Crippen molar-refractivity contribution in [3.8, 4) is 0 Å². The molecule has 0 aromatic heterocycles. The van der Waals surface area contributed by atoms with E-state index < -0.39 is 15.0 Å². The summed E-state index contributed by atoms with van der Waals surface area (Å²) in [5.41, 5.74) is 0. The van der Waals surface area contributed by atoms with Gasteiger partial charge in [0, 0.05) is 0 Å². The van der Waals surface area contributed by atoms with Crippen molar-refractivity contribution < 1.29 is 15.8 Å². The zero-order valence-corrected chi connectivity index (χ0v) is 13.2. The van der Waals surface area contributed by atoms with Gasteiger partial charge in [0.1, 0.15) is 4.90 Å². The molecule has 0 bridgehead atoms. The van der Waals surface area contributed by atoms with Crippen LogP contribution in [0.1, 0.15) is 2.85 Å². The first kappa shape index (κ1) is 15.5. The first-order chi connectivity index (χ1) is 5.82. The van der Waals surface area contributed by atoms with Crippen molar-refractivity contribution in [1.29, 1.82) is 0 Å². The van der Waals surface area contributed by atoms with E-state index in [1.165, 1.54) is 0 Å². The van der Waals surface area contributed by atoms with Gasteiger partial charge in [0.05, 0.1) is 15.1 Å². The molecule has 0 unspecified atom stereocenters. The van der Waals surface area contributed by atoms with Gasteiger partial charge in [-0.25, -0.2) is 0 Å². The Labute approximate surface area is 136 Å². The third-order valence-corrected chi connectivity index (χ3v) is 3.29. The molecule has 0 atom stereocenters. The number of rotatable bonds is 1. The molecule has 76 valence electrons. The van der Waals surface area contributed by atoms with E-state index in [1.807, 2.05) is 0 Å². The Balaban J connectivity index is -0.000000563. The van der Waals surface area contributed by atoms with E-state index in [1.54, 1.807) is 0 Å². The Hall–Kier alpha value is 1.48. The van der Waals surface area contributed by atoms with Gasteiger partial charge in [0.15, 0.2) is 0 Å². The summed E-state index contributed by atoms with van der Waals surface area (Å²) in [7, 11) is -4.35. The first-order valence-corrected chi connectivity index (χ1v) is 5.52. The standard InChI is InChI=1S/C6H3Cl3O3S.Sr.2H/c7-3-1-5(9)6(2-4(3)8)13(10,11)12;;;/h1-2H,(H,10,11,12);;;/q;+2;2*-1. The molecule has 0 amide bonds. The minimum absolute atomic E-state index is 0. The molecule has 14 heavy (non-hydrogen) atoms. The van der Waals surface area contributed by atoms with E-state index >= 15 is 0 Å². The van der Waals surface area contributed by atoms with Crippen LogP contribution in [0.3, 0.4) is 0 Å². The third kappa shape index (κ3) is 3.81. The maximum atomic E-state index is 10.7. The normalized spacial score (nSPS) is 10.9. The fourth-order valence-electron chi connectivity index (χ4n) is 0.702. The molecule has 1 aromatic carbocycles. The summed E-state index contributed by atoms with van der Waals surface area (Å²) in [5, 5.41) is -0.0327. The minimum Gasteiger partial charge on any atom is -1.00 e. The topological polar surface area (TPSA) is 54.4 Å². The molecule has 0 heterocycles.